The number of carbonyl (C=O) groups is 2. The normalized spacial score (nSPS) is 12.6. The highest BCUT2D eigenvalue weighted by Gasteiger charge is 2.27. The highest BCUT2D eigenvalue weighted by molar-refractivity contribution is 7.87. The first kappa shape index (κ1) is 64.8. The van der Waals surface area contributed by atoms with Gasteiger partial charge in [0.1, 0.15) is 42.3 Å². The molecule has 46 heteroatoms. The van der Waals surface area contributed by atoms with Crippen LogP contribution in [0.3, 0.4) is 0 Å². The summed E-state index contributed by atoms with van der Waals surface area (Å²) in [6.45, 7) is -0.0413. The fourth-order valence-corrected chi connectivity index (χ4v) is 11.8. The molecule has 0 aliphatic rings. The Morgan fingerprint density at radius 3 is 1.11 bits per heavy atom. The van der Waals surface area contributed by atoms with Crippen LogP contribution in [-0.2, 0) is 60.7 Å². The zero-order valence-corrected chi connectivity index (χ0v) is 48.5. The molecule has 89 heavy (non-hydrogen) atoms. The standard InChI is InChI=1S/C43H38N18O22S6/c44-36(62)48-20-2-4-26(58-60-30-16-24-18(10-34(30)88(78,79)80)8-22(84(66,67)68)14-32(24)86(72,73)74)28(12-20)50-40-52-38(54-42(64)56-40)46-6-1-7-47-39-53-41(57-43(65)55-39)51-29-13-21(49-37(45)63)3-5-27(29)59-61-31-17-25-19(11-35(31)89(81,82)83)9-23(85(69,70)71)15-33(25)87(75,76)77/h2-5,8-17H,1,6-7H2,(H3,44,48,62)(H3,45,49,63)(H,66,67,68)(H,69,70,71)(H,72,73,74)(H,75,76,77)(H,78,79,80)(H,81,82,83)(H3,46,50,52,54,56,64)(H3,47,51,53,55,57,65). The third-order valence-corrected chi connectivity index (χ3v) is 16.6. The van der Waals surface area contributed by atoms with Crippen molar-refractivity contribution in [1.29, 1.82) is 0 Å². The number of H-pyrrole nitrogens is 2. The Balaban J connectivity index is 1.01. The van der Waals surface area contributed by atoms with Crippen LogP contribution in [0.4, 0.5) is 78.9 Å². The number of nitrogens with zero attached hydrogens (tertiary/aromatic N) is 8. The molecule has 8 rings (SSSR count). The van der Waals surface area contributed by atoms with Gasteiger partial charge >= 0.3 is 23.4 Å². The summed E-state index contributed by atoms with van der Waals surface area (Å²) >= 11 is 0. The quantitative estimate of drug-likeness (QED) is 0.0262. The molecule has 0 fully saturated rings. The minimum atomic E-state index is -5.30. The van der Waals surface area contributed by atoms with Gasteiger partial charge in [0.2, 0.25) is 23.8 Å². The first-order valence-corrected chi connectivity index (χ1v) is 32.2. The third-order valence-electron chi connectivity index (χ3n) is 11.4. The molecule has 0 radical (unpaired) electrons. The lowest BCUT2D eigenvalue weighted by molar-refractivity contribution is 0.258. The minimum Gasteiger partial charge on any atom is -0.354 e. The third kappa shape index (κ3) is 16.3. The number of benzene rings is 6. The Bertz CT molecular complexity index is 4890. The van der Waals surface area contributed by atoms with Gasteiger partial charge in [-0.15, -0.1) is 20.5 Å². The van der Waals surface area contributed by atoms with Crippen molar-refractivity contribution in [2.24, 2.45) is 31.9 Å². The molecule has 0 spiro atoms. The number of hydrogen-bond donors (Lipinski definition) is 16. The maximum atomic E-state index is 12.8. The summed E-state index contributed by atoms with van der Waals surface area (Å²) in [7, 11) is -31.5. The van der Waals surface area contributed by atoms with Crippen molar-refractivity contribution in [2.45, 2.75) is 35.8 Å². The van der Waals surface area contributed by atoms with Gasteiger partial charge in [-0.05, 0) is 102 Å². The molecule has 2 aromatic heterocycles. The second-order valence-electron chi connectivity index (χ2n) is 17.7. The molecule has 0 saturated carbocycles. The number of primary amides is 2. The van der Waals surface area contributed by atoms with Gasteiger partial charge in [-0.2, -0.15) is 70.4 Å². The number of nitrogens with two attached hydrogens (primary N) is 2. The summed E-state index contributed by atoms with van der Waals surface area (Å²) in [5.41, 5.74) is 6.12. The van der Waals surface area contributed by atoms with E-state index in [1.54, 1.807) is 0 Å². The van der Waals surface area contributed by atoms with Gasteiger partial charge in [0.05, 0.1) is 21.2 Å². The van der Waals surface area contributed by atoms with Crippen molar-refractivity contribution < 1.29 is 87.4 Å². The molecule has 8 aromatic rings. The molecular weight excluding hydrogens is 1310 g/mol. The lowest BCUT2D eigenvalue weighted by Crippen LogP contribution is -2.21. The van der Waals surface area contributed by atoms with E-state index in [-0.39, 0.29) is 77.4 Å². The number of anilines is 8. The van der Waals surface area contributed by atoms with Crippen molar-refractivity contribution in [1.82, 2.24) is 29.9 Å². The van der Waals surface area contributed by atoms with Crippen LogP contribution in [0.5, 0.6) is 0 Å². The van der Waals surface area contributed by atoms with Crippen molar-refractivity contribution in [3.63, 3.8) is 0 Å². The SMILES string of the molecule is NC(=O)Nc1ccc(N=Nc2cc3c(S(=O)(=O)O)cc(S(=O)(=O)O)cc3cc2S(=O)(=O)O)c(Nc2nc(NCCCNc3nc(Nc4cc(NC(N)=O)ccc4N=Nc4cc5c(S(=O)(=O)O)cc(S(=O)(=O)O)cc5cc4S(=O)(=O)O)[nH]c(=O)n3)nc(=O)[nH]2)c1. The molecule has 6 aromatic carbocycles. The van der Waals surface area contributed by atoms with Gasteiger partial charge in [0, 0.05) is 35.2 Å². The highest BCUT2D eigenvalue weighted by Crippen LogP contribution is 2.40. The summed E-state index contributed by atoms with van der Waals surface area (Å²) in [5.74, 6) is -1.34. The predicted molar refractivity (Wildman–Crippen MR) is 308 cm³/mol. The number of nitrogens with one attached hydrogen (secondary N) is 8. The molecule has 4 amide bonds. The van der Waals surface area contributed by atoms with E-state index in [1.807, 2.05) is 0 Å². The lowest BCUT2D eigenvalue weighted by atomic mass is 10.1. The second-order valence-corrected chi connectivity index (χ2v) is 26.1. The summed E-state index contributed by atoms with van der Waals surface area (Å²) in [4.78, 5) is 63.0. The van der Waals surface area contributed by atoms with E-state index in [0.29, 0.717) is 48.5 Å². The molecular formula is C43H38N18O22S6. The zero-order valence-electron chi connectivity index (χ0n) is 43.6. The Hall–Kier alpha value is -10.1. The van der Waals surface area contributed by atoms with Crippen molar-refractivity contribution in [3.05, 3.63) is 106 Å². The molecule has 2 heterocycles. The predicted octanol–water partition coefficient (Wildman–Crippen LogP) is 3.64. The zero-order chi connectivity index (χ0) is 65.3. The van der Waals surface area contributed by atoms with E-state index in [0.717, 1.165) is 0 Å². The molecule has 18 N–H and O–H groups in total. The van der Waals surface area contributed by atoms with Crippen LogP contribution >= 0.6 is 0 Å². The van der Waals surface area contributed by atoms with E-state index in [4.69, 9.17) is 11.5 Å². The van der Waals surface area contributed by atoms with Crippen LogP contribution in [0.1, 0.15) is 6.42 Å². The maximum absolute atomic E-state index is 12.8. The molecule has 0 saturated heterocycles. The first-order chi connectivity index (χ1) is 41.3. The number of rotatable bonds is 22. The van der Waals surface area contributed by atoms with Crippen LogP contribution in [0.15, 0.2) is 144 Å². The number of amides is 4. The smallest absolute Gasteiger partial charge is 0.351 e. The lowest BCUT2D eigenvalue weighted by Gasteiger charge is -2.12. The Morgan fingerprint density at radius 1 is 0.438 bits per heavy atom. The molecule has 0 unspecified atom stereocenters. The van der Waals surface area contributed by atoms with Crippen molar-refractivity contribution >= 4 is 164 Å². The number of carbonyl (C=O) groups excluding carboxylic acids is 2. The molecule has 468 valence electrons. The van der Waals surface area contributed by atoms with E-state index in [2.05, 4.69) is 82.3 Å². The van der Waals surface area contributed by atoms with Crippen LogP contribution < -0.4 is 54.7 Å². The largest absolute Gasteiger partial charge is 0.354 e. The average Bonchev–Trinajstić information content (AvgIpc) is 0.823. The summed E-state index contributed by atoms with van der Waals surface area (Å²) < 4.78 is 206. The average molecular weight is 1350 g/mol. The Morgan fingerprint density at radius 2 is 0.787 bits per heavy atom. The fraction of sp³-hybridized carbons (Fsp3) is 0.0698. The molecule has 0 aliphatic heterocycles. The van der Waals surface area contributed by atoms with Gasteiger partial charge in [-0.1, -0.05) is 0 Å². The van der Waals surface area contributed by atoms with E-state index in [1.165, 1.54) is 36.4 Å². The first-order valence-electron chi connectivity index (χ1n) is 23.6. The monoisotopic (exact) mass is 1350 g/mol. The summed E-state index contributed by atoms with van der Waals surface area (Å²) in [6, 6.07) is 9.65. The Kier molecular flexibility index (Phi) is 17.9. The van der Waals surface area contributed by atoms with Gasteiger partial charge in [-0.25, -0.2) is 19.2 Å². The van der Waals surface area contributed by atoms with Crippen molar-refractivity contribution in [3.8, 4) is 0 Å². The van der Waals surface area contributed by atoms with E-state index >= 15 is 0 Å². The maximum Gasteiger partial charge on any atom is 0.351 e. The molecule has 40 nitrogen and oxygen atoms in total. The van der Waals surface area contributed by atoms with Crippen LogP contribution in [0.2, 0.25) is 0 Å². The van der Waals surface area contributed by atoms with Crippen LogP contribution in [-0.4, -0.2) is 133 Å². The number of fused-ring (bicyclic) bond motifs is 2. The van der Waals surface area contributed by atoms with Crippen LogP contribution in [0, 0.1) is 0 Å². The topological polar surface area (TPSA) is 651 Å². The van der Waals surface area contributed by atoms with Gasteiger partial charge in [0.25, 0.3) is 60.7 Å². The number of urea groups is 2. The van der Waals surface area contributed by atoms with E-state index < -0.39 is 146 Å². The van der Waals surface area contributed by atoms with Crippen molar-refractivity contribution in [2.75, 3.05) is 45.0 Å². The van der Waals surface area contributed by atoms with Gasteiger partial charge < -0.3 is 43.4 Å². The summed E-state index contributed by atoms with van der Waals surface area (Å²) in [6.07, 6.45) is 0.135. The highest BCUT2D eigenvalue weighted by atomic mass is 32.2. The Labute approximate surface area is 497 Å². The second kappa shape index (κ2) is 24.6. The molecule has 0 aliphatic carbocycles. The number of aromatic amines is 2. The number of hydrogen-bond acceptors (Lipinski definition) is 28. The van der Waals surface area contributed by atoms with Crippen LogP contribution in [0.25, 0.3) is 21.5 Å². The molecule has 0 bridgehead atoms. The van der Waals surface area contributed by atoms with Gasteiger partial charge in [-0.3, -0.25) is 37.3 Å². The minimum absolute atomic E-state index is 0.00547. The van der Waals surface area contributed by atoms with E-state index in [9.17, 15) is 97.0 Å². The molecule has 0 atom stereocenters. The number of aromatic nitrogens is 6. The summed E-state index contributed by atoms with van der Waals surface area (Å²) in [5, 5.41) is 29.0. The number of azo groups is 2. The van der Waals surface area contributed by atoms with Gasteiger partial charge in [0.15, 0.2) is 0 Å². The fourth-order valence-electron chi connectivity index (χ4n) is 7.82.